The van der Waals surface area contributed by atoms with Gasteiger partial charge < -0.3 is 5.32 Å². The van der Waals surface area contributed by atoms with E-state index in [0.717, 1.165) is 24.3 Å². The smallest absolute Gasteiger partial charge is 0.0210 e. The minimum Gasteiger partial charge on any atom is -0.307 e. The Balaban J connectivity index is 1.32. The van der Waals surface area contributed by atoms with Crippen LogP contribution in [0.15, 0.2) is 41.1 Å². The lowest BCUT2D eigenvalue weighted by atomic mass is 9.53. The molecule has 1 heterocycles. The van der Waals surface area contributed by atoms with E-state index in [4.69, 9.17) is 0 Å². The summed E-state index contributed by atoms with van der Waals surface area (Å²) in [5.74, 6) is 3.06. The molecular formula is C21H25NS. The summed E-state index contributed by atoms with van der Waals surface area (Å²) in [6, 6.07) is 11.3. The predicted octanol–water partition coefficient (Wildman–Crippen LogP) is 5.47. The van der Waals surface area contributed by atoms with Gasteiger partial charge in [-0.05, 0) is 95.9 Å². The summed E-state index contributed by atoms with van der Waals surface area (Å²) in [5.41, 5.74) is 4.61. The van der Waals surface area contributed by atoms with Crippen LogP contribution in [0.5, 0.6) is 0 Å². The van der Waals surface area contributed by atoms with Gasteiger partial charge in [0.2, 0.25) is 0 Å². The molecular weight excluding hydrogens is 298 g/mol. The summed E-state index contributed by atoms with van der Waals surface area (Å²) in [7, 11) is 0. The molecule has 0 aliphatic heterocycles. The molecule has 4 aliphatic rings. The fraction of sp³-hybridized carbons (Fsp3) is 0.524. The first kappa shape index (κ1) is 14.2. The quantitative estimate of drug-likeness (QED) is 0.786. The minimum atomic E-state index is 0.465. The third-order valence-electron chi connectivity index (χ3n) is 6.49. The average Bonchev–Trinajstić information content (AvgIpc) is 3.07. The summed E-state index contributed by atoms with van der Waals surface area (Å²) in [5, 5.41) is 8.42. The number of nitrogens with one attached hydrogen (secondary N) is 1. The molecule has 0 unspecified atom stereocenters. The topological polar surface area (TPSA) is 12.0 Å². The largest absolute Gasteiger partial charge is 0.307 e. The Labute approximate surface area is 143 Å². The van der Waals surface area contributed by atoms with E-state index < -0.39 is 0 Å². The Morgan fingerprint density at radius 1 is 0.957 bits per heavy atom. The zero-order chi connectivity index (χ0) is 15.3. The van der Waals surface area contributed by atoms with Crippen LogP contribution in [0.25, 0.3) is 11.1 Å². The normalized spacial score (nSPS) is 34.9. The zero-order valence-electron chi connectivity index (χ0n) is 13.6. The Hall–Kier alpha value is -1.12. The van der Waals surface area contributed by atoms with Gasteiger partial charge in [-0.1, -0.05) is 18.2 Å². The van der Waals surface area contributed by atoms with Crippen LogP contribution in [0.3, 0.4) is 0 Å². The van der Waals surface area contributed by atoms with Gasteiger partial charge in [0, 0.05) is 12.1 Å². The van der Waals surface area contributed by atoms with Crippen molar-refractivity contribution in [1.29, 1.82) is 0 Å². The number of hydrogen-bond acceptors (Lipinski definition) is 2. The molecule has 6 rings (SSSR count). The molecule has 0 radical (unpaired) electrons. The maximum absolute atomic E-state index is 4.02. The van der Waals surface area contributed by atoms with Crippen LogP contribution in [-0.2, 0) is 6.54 Å². The first-order chi connectivity index (χ1) is 11.3. The van der Waals surface area contributed by atoms with Crippen LogP contribution in [0.2, 0.25) is 0 Å². The van der Waals surface area contributed by atoms with E-state index in [9.17, 15) is 0 Å². The predicted molar refractivity (Wildman–Crippen MR) is 97.5 cm³/mol. The molecule has 0 saturated heterocycles. The van der Waals surface area contributed by atoms with Gasteiger partial charge >= 0.3 is 0 Å². The van der Waals surface area contributed by atoms with Crippen molar-refractivity contribution in [1.82, 2.24) is 5.32 Å². The standard InChI is InChI=1S/C21H25NS/c1-2-15(9-19(3-1)20-4-5-23-14-20)13-22-21-10-16-6-17(11-21)8-18(7-16)12-21/h1-5,9,14,16-18,22H,6-8,10-13H2. The van der Waals surface area contributed by atoms with Gasteiger partial charge in [0.15, 0.2) is 0 Å². The Bertz CT molecular complexity index is 652. The number of benzene rings is 1. The molecule has 4 saturated carbocycles. The molecule has 1 nitrogen and oxygen atoms in total. The van der Waals surface area contributed by atoms with Crippen LogP contribution in [-0.4, -0.2) is 5.54 Å². The summed E-state index contributed by atoms with van der Waals surface area (Å²) < 4.78 is 0. The maximum atomic E-state index is 4.02. The second kappa shape index (κ2) is 5.46. The van der Waals surface area contributed by atoms with Crippen LogP contribution in [0, 0.1) is 17.8 Å². The van der Waals surface area contributed by atoms with E-state index in [1.54, 1.807) is 11.3 Å². The van der Waals surface area contributed by atoms with Crippen molar-refractivity contribution in [2.45, 2.75) is 50.6 Å². The Morgan fingerprint density at radius 3 is 2.35 bits per heavy atom. The summed E-state index contributed by atoms with van der Waals surface area (Å²) in [6.07, 6.45) is 8.87. The zero-order valence-corrected chi connectivity index (χ0v) is 14.4. The van der Waals surface area contributed by atoms with Gasteiger partial charge in [-0.25, -0.2) is 0 Å². The Morgan fingerprint density at radius 2 is 1.70 bits per heavy atom. The van der Waals surface area contributed by atoms with Gasteiger partial charge in [0.1, 0.15) is 0 Å². The van der Waals surface area contributed by atoms with Gasteiger partial charge in [-0.3, -0.25) is 0 Å². The molecule has 4 fully saturated rings. The van der Waals surface area contributed by atoms with Crippen molar-refractivity contribution in [3.63, 3.8) is 0 Å². The number of thiophene rings is 1. The fourth-order valence-corrected chi connectivity index (χ4v) is 6.57. The SMILES string of the molecule is c1cc(CNC23CC4CC(CC(C4)C2)C3)cc(-c2ccsc2)c1. The van der Waals surface area contributed by atoms with E-state index in [1.165, 1.54) is 55.2 Å². The average molecular weight is 324 g/mol. The molecule has 23 heavy (non-hydrogen) atoms. The maximum Gasteiger partial charge on any atom is 0.0210 e. The molecule has 4 aliphatic carbocycles. The van der Waals surface area contributed by atoms with Crippen molar-refractivity contribution >= 4 is 11.3 Å². The molecule has 1 N–H and O–H groups in total. The van der Waals surface area contributed by atoms with Crippen LogP contribution >= 0.6 is 11.3 Å². The van der Waals surface area contributed by atoms with E-state index in [0.29, 0.717) is 5.54 Å². The van der Waals surface area contributed by atoms with E-state index >= 15 is 0 Å². The minimum absolute atomic E-state index is 0.465. The van der Waals surface area contributed by atoms with Gasteiger partial charge in [-0.2, -0.15) is 11.3 Å². The number of rotatable bonds is 4. The molecule has 2 heteroatoms. The molecule has 0 spiro atoms. The fourth-order valence-electron chi connectivity index (χ4n) is 5.91. The van der Waals surface area contributed by atoms with Crippen molar-refractivity contribution in [2.24, 2.45) is 17.8 Å². The van der Waals surface area contributed by atoms with E-state index in [2.05, 4.69) is 46.4 Å². The van der Waals surface area contributed by atoms with Gasteiger partial charge in [0.05, 0.1) is 0 Å². The molecule has 0 amide bonds. The van der Waals surface area contributed by atoms with Crippen LogP contribution in [0.4, 0.5) is 0 Å². The third kappa shape index (κ3) is 2.66. The highest BCUT2D eigenvalue weighted by atomic mass is 32.1. The summed E-state index contributed by atoms with van der Waals surface area (Å²) in [4.78, 5) is 0. The molecule has 4 bridgehead atoms. The Kier molecular flexibility index (Phi) is 3.38. The molecule has 0 atom stereocenters. The van der Waals surface area contributed by atoms with E-state index in [-0.39, 0.29) is 0 Å². The van der Waals surface area contributed by atoms with Gasteiger partial charge in [-0.15, -0.1) is 0 Å². The lowest BCUT2D eigenvalue weighted by molar-refractivity contribution is -0.0206. The van der Waals surface area contributed by atoms with Crippen molar-refractivity contribution in [2.75, 3.05) is 0 Å². The summed E-state index contributed by atoms with van der Waals surface area (Å²) >= 11 is 1.78. The van der Waals surface area contributed by atoms with E-state index in [1.807, 2.05) is 0 Å². The first-order valence-corrected chi connectivity index (χ1v) is 10.1. The number of hydrogen-bond donors (Lipinski definition) is 1. The summed E-state index contributed by atoms with van der Waals surface area (Å²) in [6.45, 7) is 1.03. The molecule has 2 aromatic rings. The van der Waals surface area contributed by atoms with Gasteiger partial charge in [0.25, 0.3) is 0 Å². The lowest BCUT2D eigenvalue weighted by Gasteiger charge is -2.57. The van der Waals surface area contributed by atoms with Crippen molar-refractivity contribution in [3.8, 4) is 11.1 Å². The monoisotopic (exact) mass is 323 g/mol. The highest BCUT2D eigenvalue weighted by molar-refractivity contribution is 7.08. The third-order valence-corrected chi connectivity index (χ3v) is 7.17. The molecule has 1 aromatic heterocycles. The highest BCUT2D eigenvalue weighted by Crippen LogP contribution is 2.55. The van der Waals surface area contributed by atoms with Crippen molar-refractivity contribution in [3.05, 3.63) is 46.7 Å². The second-order valence-electron chi connectivity index (χ2n) is 8.26. The van der Waals surface area contributed by atoms with Crippen molar-refractivity contribution < 1.29 is 0 Å². The van der Waals surface area contributed by atoms with Crippen LogP contribution in [0.1, 0.15) is 44.1 Å². The molecule has 120 valence electrons. The van der Waals surface area contributed by atoms with Crippen LogP contribution < -0.4 is 5.32 Å². The first-order valence-electron chi connectivity index (χ1n) is 9.15. The molecule has 1 aromatic carbocycles. The highest BCUT2D eigenvalue weighted by Gasteiger charge is 2.50. The second-order valence-corrected chi connectivity index (χ2v) is 9.04. The lowest BCUT2D eigenvalue weighted by Crippen LogP contribution is -2.58.